The summed E-state index contributed by atoms with van der Waals surface area (Å²) in [5.41, 5.74) is 8.20. The molecule has 0 N–H and O–H groups in total. The quantitative estimate of drug-likeness (QED) is 0.541. The van der Waals surface area contributed by atoms with Gasteiger partial charge in [-0.25, -0.2) is 0 Å². The molecule has 0 aliphatic heterocycles. The van der Waals surface area contributed by atoms with Crippen LogP contribution in [-0.2, 0) is 10.8 Å². The first-order chi connectivity index (χ1) is 12.2. The van der Waals surface area contributed by atoms with Gasteiger partial charge in [0.2, 0.25) is 0 Å². The van der Waals surface area contributed by atoms with E-state index in [-0.39, 0.29) is 10.8 Å². The lowest BCUT2D eigenvalue weighted by atomic mass is 9.83. The number of allylic oxidation sites excluding steroid dienone is 5. The molecule has 0 aromatic heterocycles. The van der Waals surface area contributed by atoms with E-state index >= 15 is 0 Å². The summed E-state index contributed by atoms with van der Waals surface area (Å²) in [6, 6.07) is 18.1. The van der Waals surface area contributed by atoms with Gasteiger partial charge in [0.15, 0.2) is 0 Å². The second-order valence-corrected chi connectivity index (χ2v) is 9.20. The van der Waals surface area contributed by atoms with Crippen LogP contribution in [0.1, 0.15) is 63.8 Å². The molecule has 134 valence electrons. The fourth-order valence-corrected chi connectivity index (χ4v) is 3.31. The fraction of sp³-hybridized carbons (Fsp3) is 0.308. The van der Waals surface area contributed by atoms with E-state index < -0.39 is 0 Å². The van der Waals surface area contributed by atoms with Gasteiger partial charge in [0.25, 0.3) is 0 Å². The maximum absolute atomic E-state index is 2.27. The van der Waals surface area contributed by atoms with Crippen LogP contribution in [0.2, 0.25) is 0 Å². The lowest BCUT2D eigenvalue weighted by Gasteiger charge is -2.21. The molecule has 2 aromatic carbocycles. The fourth-order valence-electron chi connectivity index (χ4n) is 3.31. The smallest absolute Gasteiger partial charge is 0.00389 e. The summed E-state index contributed by atoms with van der Waals surface area (Å²) in [5, 5.41) is 0. The highest BCUT2D eigenvalue weighted by Crippen LogP contribution is 2.33. The van der Waals surface area contributed by atoms with E-state index in [1.807, 2.05) is 0 Å². The largest absolute Gasteiger partial charge is 0.0616 e. The van der Waals surface area contributed by atoms with E-state index in [9.17, 15) is 0 Å². The first kappa shape index (κ1) is 18.5. The summed E-state index contributed by atoms with van der Waals surface area (Å²) in [5.74, 6) is 0. The van der Waals surface area contributed by atoms with Crippen LogP contribution in [0.3, 0.4) is 0 Å². The molecule has 3 rings (SSSR count). The lowest BCUT2D eigenvalue weighted by molar-refractivity contribution is 0.590. The van der Waals surface area contributed by atoms with Gasteiger partial charge in [0, 0.05) is 0 Å². The summed E-state index contributed by atoms with van der Waals surface area (Å²) in [4.78, 5) is 0. The summed E-state index contributed by atoms with van der Waals surface area (Å²) in [7, 11) is 0. The Kier molecular flexibility index (Phi) is 4.80. The van der Waals surface area contributed by atoms with E-state index in [1.165, 1.54) is 33.4 Å². The first-order valence-electron chi connectivity index (χ1n) is 9.47. The Balaban J connectivity index is 2.07. The molecule has 0 spiro atoms. The SMILES string of the molecule is CC(C)(C)c1ccc(C(=C2C=CC=C2)c2ccc(C(C)(C)C)cc2)cc1. The third-order valence-corrected chi connectivity index (χ3v) is 5.03. The van der Waals surface area contributed by atoms with Gasteiger partial charge < -0.3 is 0 Å². The van der Waals surface area contributed by atoms with Gasteiger partial charge in [-0.3, -0.25) is 0 Å². The zero-order chi connectivity index (χ0) is 18.9. The second kappa shape index (κ2) is 6.76. The average molecular weight is 343 g/mol. The van der Waals surface area contributed by atoms with Crippen LogP contribution >= 0.6 is 0 Å². The highest BCUT2D eigenvalue weighted by atomic mass is 14.2. The van der Waals surface area contributed by atoms with Gasteiger partial charge in [-0.05, 0) is 44.2 Å². The Hall–Kier alpha value is -2.34. The van der Waals surface area contributed by atoms with Crippen molar-refractivity contribution < 1.29 is 0 Å². The molecule has 0 heterocycles. The van der Waals surface area contributed by atoms with Gasteiger partial charge >= 0.3 is 0 Å². The molecule has 0 atom stereocenters. The van der Waals surface area contributed by atoms with Crippen molar-refractivity contribution in [1.29, 1.82) is 0 Å². The Morgan fingerprint density at radius 3 is 1.19 bits per heavy atom. The van der Waals surface area contributed by atoms with Gasteiger partial charge in [-0.1, -0.05) is 114 Å². The molecule has 0 fully saturated rings. The maximum atomic E-state index is 2.27. The normalized spacial score (nSPS) is 14.2. The minimum atomic E-state index is 0.174. The molecule has 26 heavy (non-hydrogen) atoms. The van der Waals surface area contributed by atoms with E-state index in [0.29, 0.717) is 0 Å². The third-order valence-electron chi connectivity index (χ3n) is 5.03. The van der Waals surface area contributed by atoms with Crippen molar-refractivity contribution in [3.63, 3.8) is 0 Å². The van der Waals surface area contributed by atoms with Crippen LogP contribution < -0.4 is 0 Å². The number of hydrogen-bond acceptors (Lipinski definition) is 0. The van der Waals surface area contributed by atoms with E-state index in [1.54, 1.807) is 0 Å². The van der Waals surface area contributed by atoms with Crippen LogP contribution in [0, 0.1) is 0 Å². The summed E-state index contributed by atoms with van der Waals surface area (Å²) in [6.45, 7) is 13.6. The predicted molar refractivity (Wildman–Crippen MR) is 115 cm³/mol. The van der Waals surface area contributed by atoms with E-state index in [4.69, 9.17) is 0 Å². The predicted octanol–water partition coefficient (Wildman–Crippen LogP) is 7.21. The van der Waals surface area contributed by atoms with Gasteiger partial charge in [0.05, 0.1) is 0 Å². The zero-order valence-corrected chi connectivity index (χ0v) is 16.9. The Labute approximate surface area is 159 Å². The molecule has 0 unspecified atom stereocenters. The van der Waals surface area contributed by atoms with Crippen molar-refractivity contribution in [1.82, 2.24) is 0 Å². The molecular formula is C26H30. The molecule has 0 nitrogen and oxygen atoms in total. The van der Waals surface area contributed by atoms with Crippen molar-refractivity contribution in [2.24, 2.45) is 0 Å². The van der Waals surface area contributed by atoms with Crippen LogP contribution in [0.4, 0.5) is 0 Å². The highest BCUT2D eigenvalue weighted by molar-refractivity contribution is 5.86. The Morgan fingerprint density at radius 1 is 0.538 bits per heavy atom. The lowest BCUT2D eigenvalue weighted by Crippen LogP contribution is -2.11. The van der Waals surface area contributed by atoms with Gasteiger partial charge in [0.1, 0.15) is 0 Å². The molecular weight excluding hydrogens is 312 g/mol. The van der Waals surface area contributed by atoms with E-state index in [0.717, 1.165) is 0 Å². The molecule has 0 saturated carbocycles. The van der Waals surface area contributed by atoms with E-state index in [2.05, 4.69) is 114 Å². The molecule has 2 aromatic rings. The van der Waals surface area contributed by atoms with Crippen LogP contribution in [0.25, 0.3) is 5.57 Å². The number of hydrogen-bond donors (Lipinski definition) is 0. The minimum Gasteiger partial charge on any atom is -0.0616 e. The van der Waals surface area contributed by atoms with Crippen molar-refractivity contribution in [2.45, 2.75) is 52.4 Å². The standard InChI is InChI=1S/C26H30/c1-25(2,3)22-15-11-20(12-16-22)24(19-9-7-8-10-19)21-13-17-23(18-14-21)26(4,5)6/h7-18H,1-6H3. The van der Waals surface area contributed by atoms with Crippen molar-refractivity contribution in [3.8, 4) is 0 Å². The van der Waals surface area contributed by atoms with Crippen LogP contribution in [-0.4, -0.2) is 0 Å². The molecule has 0 amide bonds. The maximum Gasteiger partial charge on any atom is -0.00389 e. The summed E-state index contributed by atoms with van der Waals surface area (Å²) >= 11 is 0. The first-order valence-corrected chi connectivity index (χ1v) is 9.47. The van der Waals surface area contributed by atoms with Crippen molar-refractivity contribution >= 4 is 5.57 Å². The van der Waals surface area contributed by atoms with Crippen molar-refractivity contribution in [2.75, 3.05) is 0 Å². The second-order valence-electron chi connectivity index (χ2n) is 9.20. The Morgan fingerprint density at radius 2 is 0.885 bits per heavy atom. The monoisotopic (exact) mass is 342 g/mol. The topological polar surface area (TPSA) is 0 Å². The Bertz CT molecular complexity index is 782. The van der Waals surface area contributed by atoms with Crippen LogP contribution in [0.5, 0.6) is 0 Å². The number of rotatable bonds is 2. The third kappa shape index (κ3) is 3.90. The molecule has 0 saturated heterocycles. The zero-order valence-electron chi connectivity index (χ0n) is 16.9. The minimum absolute atomic E-state index is 0.174. The van der Waals surface area contributed by atoms with Crippen molar-refractivity contribution in [3.05, 3.63) is 101 Å². The van der Waals surface area contributed by atoms with Gasteiger partial charge in [-0.15, -0.1) is 0 Å². The molecule has 0 bridgehead atoms. The average Bonchev–Trinajstić information content (AvgIpc) is 3.08. The van der Waals surface area contributed by atoms with Crippen LogP contribution in [0.15, 0.2) is 78.4 Å². The summed E-state index contributed by atoms with van der Waals surface area (Å²) < 4.78 is 0. The highest BCUT2D eigenvalue weighted by Gasteiger charge is 2.17. The molecule has 1 aliphatic rings. The molecule has 0 radical (unpaired) electrons. The molecule has 1 aliphatic carbocycles. The molecule has 0 heteroatoms. The summed E-state index contributed by atoms with van der Waals surface area (Å²) in [6.07, 6.45) is 8.63. The van der Waals surface area contributed by atoms with Gasteiger partial charge in [-0.2, -0.15) is 0 Å². The number of benzene rings is 2.